The molecule has 0 spiro atoms. The van der Waals surface area contributed by atoms with Crippen LogP contribution in [0.2, 0.25) is 0 Å². The van der Waals surface area contributed by atoms with Crippen molar-refractivity contribution < 1.29 is 47.1 Å². The van der Waals surface area contributed by atoms with Gasteiger partial charge in [-0.1, -0.05) is 27.7 Å². The van der Waals surface area contributed by atoms with E-state index in [0.29, 0.717) is 0 Å². The van der Waals surface area contributed by atoms with Crippen LogP contribution in [-0.4, -0.2) is 22.2 Å². The molecular weight excluding hydrogens is 297 g/mol. The van der Waals surface area contributed by atoms with Gasteiger partial charge < -0.3 is 10.2 Å². The van der Waals surface area contributed by atoms with Crippen LogP contribution in [0.3, 0.4) is 0 Å². The monoisotopic (exact) mass is 318 g/mol. The number of carboxylic acids is 2. The summed E-state index contributed by atoms with van der Waals surface area (Å²) in [5.41, 5.74) is 0. The Bertz CT molecular complexity index is 176. The van der Waals surface area contributed by atoms with Gasteiger partial charge in [0.15, 0.2) is 0 Å². The molecule has 0 aliphatic rings. The largest absolute Gasteiger partial charge is 0.481 e. The summed E-state index contributed by atoms with van der Waals surface area (Å²) in [5.74, 6) is -1.77. The molecule has 0 saturated heterocycles. The second-order valence-corrected chi connectivity index (χ2v) is 3.34. The summed E-state index contributed by atoms with van der Waals surface area (Å²) in [6, 6.07) is 0. The number of rotatable bonds is 4. The Morgan fingerprint density at radius 1 is 1.00 bits per heavy atom. The molecule has 2 N–H and O–H groups in total. The van der Waals surface area contributed by atoms with E-state index in [2.05, 4.69) is 0 Å². The first-order valence-electron chi connectivity index (χ1n) is 4.82. The van der Waals surface area contributed by atoms with E-state index in [1.165, 1.54) is 0 Å². The second kappa shape index (κ2) is 11.9. The van der Waals surface area contributed by atoms with Crippen LogP contribution in [0.25, 0.3) is 0 Å². The Kier molecular flexibility index (Phi) is 16.1. The summed E-state index contributed by atoms with van der Waals surface area (Å²) < 4.78 is 0. The number of hydrogen-bond acceptors (Lipinski definition) is 2. The molecule has 0 unspecified atom stereocenters. The minimum absolute atomic E-state index is 0. The van der Waals surface area contributed by atoms with Crippen LogP contribution in [0.15, 0.2) is 0 Å². The molecular formula is C10H20CdO4. The molecule has 0 aliphatic carbocycles. The molecule has 0 saturated carbocycles. The van der Waals surface area contributed by atoms with Gasteiger partial charge in [0.25, 0.3) is 0 Å². The van der Waals surface area contributed by atoms with E-state index < -0.39 is 11.9 Å². The first-order chi connectivity index (χ1) is 6.36. The predicted octanol–water partition coefficient (Wildman–Crippen LogP) is 2.23. The molecule has 0 aromatic rings. The van der Waals surface area contributed by atoms with E-state index in [1.54, 1.807) is 13.8 Å². The van der Waals surface area contributed by atoms with Gasteiger partial charge in [0.2, 0.25) is 0 Å². The van der Waals surface area contributed by atoms with E-state index in [0.717, 1.165) is 12.8 Å². The fourth-order valence-electron chi connectivity index (χ4n) is 0.638. The van der Waals surface area contributed by atoms with Crippen LogP contribution in [0.5, 0.6) is 0 Å². The maximum Gasteiger partial charge on any atom is 0.306 e. The van der Waals surface area contributed by atoms with Gasteiger partial charge in [-0.2, -0.15) is 0 Å². The average Bonchev–Trinajstić information content (AvgIpc) is 2.06. The summed E-state index contributed by atoms with van der Waals surface area (Å²) in [7, 11) is 0. The van der Waals surface area contributed by atoms with Gasteiger partial charge in [0.05, 0.1) is 11.8 Å². The smallest absolute Gasteiger partial charge is 0.306 e. The Hall–Kier alpha value is -0.138. The quantitative estimate of drug-likeness (QED) is 0.780. The van der Waals surface area contributed by atoms with Crippen molar-refractivity contribution in [3.63, 3.8) is 0 Å². The van der Waals surface area contributed by atoms with E-state index >= 15 is 0 Å². The van der Waals surface area contributed by atoms with Crippen LogP contribution < -0.4 is 0 Å². The summed E-state index contributed by atoms with van der Waals surface area (Å²) in [5, 5.41) is 16.4. The van der Waals surface area contributed by atoms with Gasteiger partial charge >= 0.3 is 11.9 Å². The van der Waals surface area contributed by atoms with Crippen LogP contribution in [0.1, 0.15) is 40.5 Å². The summed E-state index contributed by atoms with van der Waals surface area (Å²) >= 11 is 0. The first kappa shape index (κ1) is 20.3. The van der Waals surface area contributed by atoms with Crippen molar-refractivity contribution in [3.8, 4) is 0 Å². The van der Waals surface area contributed by atoms with Crippen molar-refractivity contribution in [2.45, 2.75) is 40.5 Å². The van der Waals surface area contributed by atoms with Gasteiger partial charge in [-0.15, -0.1) is 0 Å². The zero-order chi connectivity index (χ0) is 11.7. The molecule has 0 aromatic carbocycles. The van der Waals surface area contributed by atoms with E-state index in [-0.39, 0.29) is 39.1 Å². The summed E-state index contributed by atoms with van der Waals surface area (Å²) in [4.78, 5) is 19.9. The standard InChI is InChI=1S/C6H12O2.C4H8O2.Cd/c1-3-5(4-2)6(7)8;1-3(2)4(5)6;/h5H,3-4H2,1-2H3,(H,7,8);3H,1-2H3,(H,5,6);. The third kappa shape index (κ3) is 13.9. The number of hydrogen-bond donors (Lipinski definition) is 2. The van der Waals surface area contributed by atoms with E-state index in [1.807, 2.05) is 13.8 Å². The molecule has 0 rings (SSSR count). The molecule has 0 radical (unpaired) electrons. The minimum atomic E-state index is -0.741. The van der Waals surface area contributed by atoms with Crippen molar-refractivity contribution in [3.05, 3.63) is 0 Å². The van der Waals surface area contributed by atoms with Gasteiger partial charge in [0.1, 0.15) is 0 Å². The molecule has 0 aromatic heterocycles. The zero-order valence-electron chi connectivity index (χ0n) is 9.99. The molecule has 0 bridgehead atoms. The molecule has 86 valence electrons. The van der Waals surface area contributed by atoms with Crippen LogP contribution in [0.4, 0.5) is 0 Å². The number of carboxylic acid groups (broad SMARTS) is 2. The van der Waals surface area contributed by atoms with Gasteiger partial charge in [-0.3, -0.25) is 9.59 Å². The van der Waals surface area contributed by atoms with Gasteiger partial charge in [0, 0.05) is 27.3 Å². The fraction of sp³-hybridized carbons (Fsp3) is 0.800. The Morgan fingerprint density at radius 3 is 1.27 bits per heavy atom. The normalized spacial score (nSPS) is 8.93. The molecule has 15 heavy (non-hydrogen) atoms. The molecule has 0 heterocycles. The van der Waals surface area contributed by atoms with E-state index in [4.69, 9.17) is 10.2 Å². The van der Waals surface area contributed by atoms with Crippen molar-refractivity contribution in [1.82, 2.24) is 0 Å². The van der Waals surface area contributed by atoms with Gasteiger partial charge in [-0.25, -0.2) is 0 Å². The summed E-state index contributed by atoms with van der Waals surface area (Å²) in [6.07, 6.45) is 1.48. The number of aliphatic carboxylic acids is 2. The number of carbonyl (C=O) groups is 2. The van der Waals surface area contributed by atoms with Crippen molar-refractivity contribution in [1.29, 1.82) is 0 Å². The predicted molar refractivity (Wildman–Crippen MR) is 54.2 cm³/mol. The Labute approximate surface area is 111 Å². The Morgan fingerprint density at radius 2 is 1.27 bits per heavy atom. The topological polar surface area (TPSA) is 74.6 Å². The minimum Gasteiger partial charge on any atom is -0.481 e. The van der Waals surface area contributed by atoms with Crippen molar-refractivity contribution in [2.75, 3.05) is 0 Å². The first-order valence-corrected chi connectivity index (χ1v) is 4.82. The summed E-state index contributed by atoms with van der Waals surface area (Å²) in [6.45, 7) is 7.06. The average molecular weight is 317 g/mol. The molecule has 4 nitrogen and oxygen atoms in total. The van der Waals surface area contributed by atoms with Crippen molar-refractivity contribution >= 4 is 11.9 Å². The third-order valence-corrected chi connectivity index (χ3v) is 1.83. The van der Waals surface area contributed by atoms with Crippen LogP contribution >= 0.6 is 0 Å². The second-order valence-electron chi connectivity index (χ2n) is 3.34. The molecule has 5 heteroatoms. The molecule has 0 atom stereocenters. The van der Waals surface area contributed by atoms with Crippen LogP contribution in [0, 0.1) is 11.8 Å². The van der Waals surface area contributed by atoms with Gasteiger partial charge in [-0.05, 0) is 12.8 Å². The molecule has 0 aliphatic heterocycles. The zero-order valence-corrected chi connectivity index (χ0v) is 14.0. The van der Waals surface area contributed by atoms with Crippen LogP contribution in [-0.2, 0) is 36.9 Å². The molecule has 0 amide bonds. The van der Waals surface area contributed by atoms with E-state index in [9.17, 15) is 9.59 Å². The maximum atomic E-state index is 10.2. The third-order valence-electron chi connectivity index (χ3n) is 1.83. The maximum absolute atomic E-state index is 10.2. The van der Waals surface area contributed by atoms with Crippen molar-refractivity contribution in [2.24, 2.45) is 11.8 Å². The molecule has 0 fully saturated rings. The fourth-order valence-corrected chi connectivity index (χ4v) is 0.638. The SMILES string of the molecule is CC(C)C(=O)O.CCC(CC)C(=O)O.[Cd]. The Balaban J connectivity index is -0.000000187.